The van der Waals surface area contributed by atoms with E-state index in [1.807, 2.05) is 13.0 Å². The Hall–Kier alpha value is -3.83. The van der Waals surface area contributed by atoms with Crippen LogP contribution in [0.5, 0.6) is 0 Å². The van der Waals surface area contributed by atoms with E-state index in [4.69, 9.17) is 15.2 Å². The molecular weight excluding hydrogens is 537 g/mol. The molecule has 1 aliphatic carbocycles. The number of hydrogen-bond donors (Lipinski definition) is 2. The number of benzene rings is 1. The molecule has 1 fully saturated rings. The van der Waals surface area contributed by atoms with Crippen LogP contribution in [0.15, 0.2) is 42.7 Å². The molecule has 41 heavy (non-hydrogen) atoms. The van der Waals surface area contributed by atoms with E-state index < -0.39 is 40.6 Å². The molecule has 0 radical (unpaired) electrons. The molecule has 3 N–H and O–H groups in total. The van der Waals surface area contributed by atoms with Crippen molar-refractivity contribution in [3.05, 3.63) is 82.6 Å². The van der Waals surface area contributed by atoms with E-state index in [9.17, 15) is 22.8 Å². The molecule has 0 unspecified atom stereocenters. The highest BCUT2D eigenvalue weighted by Gasteiger charge is 2.36. The van der Waals surface area contributed by atoms with Gasteiger partial charge in [0.15, 0.2) is 5.78 Å². The summed E-state index contributed by atoms with van der Waals surface area (Å²) in [4.78, 5) is 33.3. The van der Waals surface area contributed by atoms with Crippen molar-refractivity contribution in [2.24, 2.45) is 11.7 Å². The lowest BCUT2D eigenvalue weighted by molar-refractivity contribution is 0.0987. The van der Waals surface area contributed by atoms with Crippen LogP contribution in [0.4, 0.5) is 18.0 Å². The fourth-order valence-electron chi connectivity index (χ4n) is 5.46. The minimum atomic E-state index is -1.01. The molecule has 1 amide bonds. The number of carbonyl (C=O) groups excluding carboxylic acids is 2. The molecule has 0 spiro atoms. The first-order chi connectivity index (χ1) is 19.6. The fourth-order valence-corrected chi connectivity index (χ4v) is 5.46. The van der Waals surface area contributed by atoms with Crippen molar-refractivity contribution >= 4 is 11.9 Å². The van der Waals surface area contributed by atoms with Crippen LogP contribution in [0.2, 0.25) is 0 Å². The number of rotatable bonds is 9. The lowest BCUT2D eigenvalue weighted by Gasteiger charge is -2.39. The molecule has 0 bridgehead atoms. The number of ketones is 1. The summed E-state index contributed by atoms with van der Waals surface area (Å²) < 4.78 is 54.4. The molecule has 218 valence electrons. The largest absolute Gasteiger partial charge is 0.453 e. The highest BCUT2D eigenvalue weighted by Crippen LogP contribution is 2.37. The van der Waals surface area contributed by atoms with E-state index in [-0.39, 0.29) is 48.2 Å². The highest BCUT2D eigenvalue weighted by atomic mass is 19.1. The minimum Gasteiger partial charge on any atom is -0.453 e. The number of alkyl carbamates (subject to hydrolysis) is 1. The Morgan fingerprint density at radius 1 is 1.10 bits per heavy atom. The van der Waals surface area contributed by atoms with Crippen LogP contribution in [0, 0.1) is 23.4 Å². The summed E-state index contributed by atoms with van der Waals surface area (Å²) in [5.41, 5.74) is 6.83. The van der Waals surface area contributed by atoms with Crippen LogP contribution in [0.25, 0.3) is 11.3 Å². The second-order valence-electron chi connectivity index (χ2n) is 10.2. The molecule has 8 nitrogen and oxygen atoms in total. The number of carbonyl (C=O) groups is 2. The zero-order valence-corrected chi connectivity index (χ0v) is 23.1. The Morgan fingerprint density at radius 2 is 1.83 bits per heavy atom. The molecule has 4 atom stereocenters. The molecule has 3 aromatic rings. The highest BCUT2D eigenvalue weighted by molar-refractivity contribution is 5.96. The third kappa shape index (κ3) is 6.91. The van der Waals surface area contributed by atoms with Crippen LogP contribution in [-0.4, -0.2) is 47.6 Å². The molecule has 1 saturated carbocycles. The standard InChI is InChI=1S/C30H33F3N4O4/c1-4-41-15-17-10-22(32)27(23(33)11-17)29-21(31)5-6-25(36-29)26(38)13-19-14-35-8-7-20(19)18-9-16(2)28(24(34)12-18)37-30(39)40-3/h5-8,10-11,14,16,18,24,28H,4,9,12-13,15,34H2,1-3H3,(H,37,39)/t16-,18+,24+,28-/m0/s1. The molecule has 1 aliphatic rings. The molecular formula is C30H33F3N4O4. The van der Waals surface area contributed by atoms with Gasteiger partial charge >= 0.3 is 6.09 Å². The number of amides is 1. The number of aromatic nitrogens is 2. The van der Waals surface area contributed by atoms with Crippen molar-refractivity contribution in [1.82, 2.24) is 15.3 Å². The number of nitrogens with zero attached hydrogens (tertiary/aromatic N) is 2. The Balaban J connectivity index is 1.57. The Kier molecular flexibility index (Phi) is 9.72. The van der Waals surface area contributed by atoms with Crippen molar-refractivity contribution in [2.75, 3.05) is 13.7 Å². The van der Waals surface area contributed by atoms with E-state index in [2.05, 4.69) is 15.3 Å². The topological polar surface area (TPSA) is 116 Å². The first-order valence-electron chi connectivity index (χ1n) is 13.4. The van der Waals surface area contributed by atoms with Crippen LogP contribution in [0.1, 0.15) is 59.8 Å². The predicted molar refractivity (Wildman–Crippen MR) is 146 cm³/mol. The number of nitrogens with one attached hydrogen (secondary N) is 1. The van der Waals surface area contributed by atoms with Crippen molar-refractivity contribution in [3.8, 4) is 11.3 Å². The SMILES string of the molecule is CCOCc1cc(F)c(-c2nc(C(=O)Cc3cnccc3[C@H]3C[C@@H](N)[C@@H](NC(=O)OC)[C@@H](C)C3)ccc2F)c(F)c1. The van der Waals surface area contributed by atoms with Crippen LogP contribution in [-0.2, 0) is 22.5 Å². The van der Waals surface area contributed by atoms with Crippen molar-refractivity contribution < 1.29 is 32.2 Å². The van der Waals surface area contributed by atoms with Gasteiger partial charge in [-0.2, -0.15) is 0 Å². The van der Waals surface area contributed by atoms with Gasteiger partial charge in [0.1, 0.15) is 28.8 Å². The van der Waals surface area contributed by atoms with Gasteiger partial charge in [-0.15, -0.1) is 0 Å². The molecule has 11 heteroatoms. The predicted octanol–water partition coefficient (Wildman–Crippen LogP) is 5.09. The zero-order chi connectivity index (χ0) is 29.7. The lowest BCUT2D eigenvalue weighted by Crippen LogP contribution is -2.54. The van der Waals surface area contributed by atoms with E-state index in [1.165, 1.54) is 13.2 Å². The van der Waals surface area contributed by atoms with Gasteiger partial charge in [0, 0.05) is 37.5 Å². The Morgan fingerprint density at radius 3 is 2.49 bits per heavy atom. The fraction of sp³-hybridized carbons (Fsp3) is 0.400. The quantitative estimate of drug-likeness (QED) is 0.344. The van der Waals surface area contributed by atoms with Crippen molar-refractivity contribution in [1.29, 1.82) is 0 Å². The first kappa shape index (κ1) is 30.1. The third-order valence-electron chi connectivity index (χ3n) is 7.43. The van der Waals surface area contributed by atoms with E-state index in [0.29, 0.717) is 25.0 Å². The molecule has 2 aromatic heterocycles. The third-order valence-corrected chi connectivity index (χ3v) is 7.43. The summed E-state index contributed by atoms with van der Waals surface area (Å²) in [6.45, 7) is 4.11. The van der Waals surface area contributed by atoms with Crippen LogP contribution < -0.4 is 11.1 Å². The minimum absolute atomic E-state index is 0.000373. The smallest absolute Gasteiger partial charge is 0.407 e. The van der Waals surface area contributed by atoms with E-state index in [1.54, 1.807) is 19.3 Å². The summed E-state index contributed by atoms with van der Waals surface area (Å²) in [5, 5.41) is 2.80. The number of nitrogens with two attached hydrogens (primary N) is 1. The van der Waals surface area contributed by atoms with Gasteiger partial charge < -0.3 is 20.5 Å². The summed E-state index contributed by atoms with van der Waals surface area (Å²) in [7, 11) is 1.29. The van der Waals surface area contributed by atoms with Crippen LogP contribution in [0.3, 0.4) is 0 Å². The average molecular weight is 571 g/mol. The number of Topliss-reactive ketones (excluding diaryl/α,β-unsaturated/α-hetero) is 1. The van der Waals surface area contributed by atoms with Gasteiger partial charge in [-0.25, -0.2) is 22.9 Å². The van der Waals surface area contributed by atoms with Crippen molar-refractivity contribution in [2.45, 2.75) is 57.7 Å². The summed E-state index contributed by atoms with van der Waals surface area (Å²) in [6, 6.07) is 5.52. The second kappa shape index (κ2) is 13.2. The number of halogens is 3. The van der Waals surface area contributed by atoms with Gasteiger partial charge in [-0.1, -0.05) is 6.92 Å². The maximum absolute atomic E-state index is 14.9. The molecule has 4 rings (SSSR count). The monoisotopic (exact) mass is 570 g/mol. The molecule has 2 heterocycles. The number of pyridine rings is 2. The van der Waals surface area contributed by atoms with E-state index in [0.717, 1.165) is 23.8 Å². The maximum Gasteiger partial charge on any atom is 0.407 e. The summed E-state index contributed by atoms with van der Waals surface area (Å²) in [5.74, 6) is -3.41. The maximum atomic E-state index is 14.9. The Labute approximate surface area is 236 Å². The number of ether oxygens (including phenoxy) is 2. The van der Waals surface area contributed by atoms with Crippen LogP contribution >= 0.6 is 0 Å². The molecule has 1 aromatic carbocycles. The van der Waals surface area contributed by atoms with Gasteiger partial charge in [-0.3, -0.25) is 9.78 Å². The average Bonchev–Trinajstić information content (AvgIpc) is 2.94. The van der Waals surface area contributed by atoms with Gasteiger partial charge in [0.2, 0.25) is 0 Å². The van der Waals surface area contributed by atoms with E-state index >= 15 is 0 Å². The lowest BCUT2D eigenvalue weighted by atomic mass is 9.72. The summed E-state index contributed by atoms with van der Waals surface area (Å²) >= 11 is 0. The first-order valence-corrected chi connectivity index (χ1v) is 13.4. The summed E-state index contributed by atoms with van der Waals surface area (Å²) in [6.07, 6.45) is 3.82. The van der Waals surface area contributed by atoms with Gasteiger partial charge in [0.25, 0.3) is 0 Å². The molecule has 0 saturated heterocycles. The normalized spacial score (nSPS) is 20.5. The Bertz CT molecular complexity index is 1390. The van der Waals surface area contributed by atoms with Gasteiger partial charge in [0.05, 0.1) is 19.3 Å². The number of hydrogen-bond acceptors (Lipinski definition) is 7. The second-order valence-corrected chi connectivity index (χ2v) is 10.2. The van der Waals surface area contributed by atoms with Crippen molar-refractivity contribution in [3.63, 3.8) is 0 Å². The number of methoxy groups -OCH3 is 1. The molecule has 0 aliphatic heterocycles. The zero-order valence-electron chi connectivity index (χ0n) is 23.1. The van der Waals surface area contributed by atoms with Gasteiger partial charge in [-0.05, 0) is 78.6 Å².